The van der Waals surface area contributed by atoms with Crippen molar-refractivity contribution in [2.24, 2.45) is 4.99 Å². The molecule has 32 heavy (non-hydrogen) atoms. The maximum atomic E-state index is 13.3. The highest BCUT2D eigenvalue weighted by atomic mass is 35.5. The molecule has 0 saturated heterocycles. The van der Waals surface area contributed by atoms with Crippen LogP contribution in [0.5, 0.6) is 0 Å². The van der Waals surface area contributed by atoms with Gasteiger partial charge < -0.3 is 10.2 Å². The second kappa shape index (κ2) is 10.1. The van der Waals surface area contributed by atoms with E-state index in [1.165, 1.54) is 0 Å². The van der Waals surface area contributed by atoms with Crippen molar-refractivity contribution in [3.8, 4) is 0 Å². The Bertz CT molecular complexity index is 1200. The van der Waals surface area contributed by atoms with Crippen LogP contribution in [0.15, 0.2) is 53.5 Å². The summed E-state index contributed by atoms with van der Waals surface area (Å²) >= 11 is 24.9. The van der Waals surface area contributed by atoms with E-state index in [0.29, 0.717) is 37.0 Å². The molecule has 3 aromatic carbocycles. The Morgan fingerprint density at radius 1 is 0.844 bits per heavy atom. The molecule has 0 bridgehead atoms. The normalized spacial score (nSPS) is 11.4. The van der Waals surface area contributed by atoms with Crippen molar-refractivity contribution in [1.82, 2.24) is 0 Å². The van der Waals surface area contributed by atoms with Crippen LogP contribution in [0.4, 0.5) is 17.1 Å². The van der Waals surface area contributed by atoms with Crippen LogP contribution < -0.4 is 10.2 Å². The lowest BCUT2D eigenvalue weighted by Gasteiger charge is -2.15. The van der Waals surface area contributed by atoms with Crippen LogP contribution >= 0.6 is 46.4 Å². The van der Waals surface area contributed by atoms with Gasteiger partial charge in [-0.2, -0.15) is 0 Å². The number of aryl methyl sites for hydroxylation is 2. The number of nitrogens with one attached hydrogen (secondary N) is 1. The minimum atomic E-state index is -0.471. The van der Waals surface area contributed by atoms with Gasteiger partial charge in [0, 0.05) is 40.4 Å². The third-order valence-electron chi connectivity index (χ3n) is 4.78. The third-order valence-corrected chi connectivity index (χ3v) is 5.93. The highest BCUT2D eigenvalue weighted by Gasteiger charge is 2.19. The molecule has 166 valence electrons. The van der Waals surface area contributed by atoms with E-state index < -0.39 is 5.91 Å². The van der Waals surface area contributed by atoms with E-state index in [-0.39, 0.29) is 5.71 Å². The zero-order chi connectivity index (χ0) is 23.6. The topological polar surface area (TPSA) is 44.7 Å². The average molecular weight is 509 g/mol. The molecule has 0 aliphatic carbocycles. The quantitative estimate of drug-likeness (QED) is 0.358. The minimum absolute atomic E-state index is 0.142. The summed E-state index contributed by atoms with van der Waals surface area (Å²) in [6.07, 6.45) is 0. The third kappa shape index (κ3) is 5.76. The second-order valence-corrected chi connectivity index (χ2v) is 9.21. The summed E-state index contributed by atoms with van der Waals surface area (Å²) in [7, 11) is 3.92. The van der Waals surface area contributed by atoms with Gasteiger partial charge in [0.15, 0.2) is 0 Å². The molecule has 3 rings (SSSR count). The first kappa shape index (κ1) is 24.4. The molecule has 4 nitrogen and oxygen atoms in total. The molecule has 0 radical (unpaired) electrons. The summed E-state index contributed by atoms with van der Waals surface area (Å²) in [5.41, 5.74) is 4.39. The van der Waals surface area contributed by atoms with Crippen LogP contribution in [0.1, 0.15) is 16.7 Å². The fraction of sp³-hybridized carbons (Fsp3) is 0.167. The number of anilines is 2. The summed E-state index contributed by atoms with van der Waals surface area (Å²) in [4.78, 5) is 20.0. The highest BCUT2D eigenvalue weighted by Crippen LogP contribution is 2.30. The molecular weight excluding hydrogens is 488 g/mol. The lowest BCUT2D eigenvalue weighted by atomic mass is 10.1. The van der Waals surface area contributed by atoms with E-state index in [4.69, 9.17) is 46.4 Å². The first-order chi connectivity index (χ1) is 15.0. The van der Waals surface area contributed by atoms with Gasteiger partial charge in [-0.25, -0.2) is 4.99 Å². The number of amides is 1. The Labute approximate surface area is 207 Å². The van der Waals surface area contributed by atoms with E-state index >= 15 is 0 Å². The maximum Gasteiger partial charge on any atom is 0.274 e. The fourth-order valence-corrected chi connectivity index (χ4v) is 3.98. The van der Waals surface area contributed by atoms with Crippen LogP contribution in [0.3, 0.4) is 0 Å². The van der Waals surface area contributed by atoms with Crippen molar-refractivity contribution in [3.63, 3.8) is 0 Å². The second-order valence-electron chi connectivity index (χ2n) is 7.52. The first-order valence-electron chi connectivity index (χ1n) is 9.65. The zero-order valence-electron chi connectivity index (χ0n) is 17.9. The van der Waals surface area contributed by atoms with Crippen LogP contribution in [0.25, 0.3) is 0 Å². The summed E-state index contributed by atoms with van der Waals surface area (Å²) < 4.78 is 0. The Kier molecular flexibility index (Phi) is 7.73. The van der Waals surface area contributed by atoms with Crippen molar-refractivity contribution >= 4 is 75.1 Å². The van der Waals surface area contributed by atoms with Crippen molar-refractivity contribution in [1.29, 1.82) is 0 Å². The van der Waals surface area contributed by atoms with Gasteiger partial charge in [0.05, 0.1) is 16.4 Å². The molecule has 0 aliphatic heterocycles. The number of nitrogens with zero attached hydrogens (tertiary/aromatic N) is 2. The Balaban J connectivity index is 2.10. The fourth-order valence-electron chi connectivity index (χ4n) is 3.02. The van der Waals surface area contributed by atoms with Gasteiger partial charge in [-0.1, -0.05) is 46.4 Å². The smallest absolute Gasteiger partial charge is 0.274 e. The number of benzene rings is 3. The number of aliphatic imine (C=N–C) groups is 1. The number of carbonyl (C=O) groups excluding carboxylic acids is 1. The molecule has 0 unspecified atom stereocenters. The Morgan fingerprint density at radius 3 is 2.09 bits per heavy atom. The van der Waals surface area contributed by atoms with E-state index in [1.807, 2.05) is 51.0 Å². The molecule has 3 aromatic rings. The molecule has 1 amide bonds. The monoisotopic (exact) mass is 507 g/mol. The van der Waals surface area contributed by atoms with E-state index in [2.05, 4.69) is 10.3 Å². The number of hydrogen-bond acceptors (Lipinski definition) is 3. The summed E-state index contributed by atoms with van der Waals surface area (Å²) in [6, 6.07) is 14.0. The molecule has 0 aromatic heterocycles. The van der Waals surface area contributed by atoms with Crippen molar-refractivity contribution in [3.05, 3.63) is 85.3 Å². The van der Waals surface area contributed by atoms with E-state index in [0.717, 1.165) is 16.8 Å². The summed E-state index contributed by atoms with van der Waals surface area (Å²) in [5.74, 6) is -0.471. The molecule has 0 spiro atoms. The predicted octanol–water partition coefficient (Wildman–Crippen LogP) is 7.74. The molecule has 1 N–H and O–H groups in total. The number of hydrogen-bond donors (Lipinski definition) is 1. The van der Waals surface area contributed by atoms with Crippen molar-refractivity contribution < 1.29 is 4.79 Å². The Hall–Kier alpha value is -2.24. The Morgan fingerprint density at radius 2 is 1.50 bits per heavy atom. The van der Waals surface area contributed by atoms with Gasteiger partial charge >= 0.3 is 0 Å². The molecular formula is C24H21Cl4N3O. The SMILES string of the molecule is Cc1cc(Cl)c(NC(=O)C(=Nc2ccc(N(C)C)cc2C)c2cc(Cl)cc(Cl)c2)cc1Cl. The molecule has 0 fully saturated rings. The number of rotatable bonds is 5. The minimum Gasteiger partial charge on any atom is -0.378 e. The molecule has 0 saturated carbocycles. The van der Waals surface area contributed by atoms with E-state index in [9.17, 15) is 4.79 Å². The largest absolute Gasteiger partial charge is 0.378 e. The van der Waals surface area contributed by atoms with Crippen LogP contribution in [0, 0.1) is 13.8 Å². The maximum absolute atomic E-state index is 13.3. The van der Waals surface area contributed by atoms with Gasteiger partial charge in [-0.15, -0.1) is 0 Å². The lowest BCUT2D eigenvalue weighted by Crippen LogP contribution is -2.24. The lowest BCUT2D eigenvalue weighted by molar-refractivity contribution is -0.110. The molecule has 0 heterocycles. The van der Waals surface area contributed by atoms with Crippen molar-refractivity contribution in [2.75, 3.05) is 24.3 Å². The van der Waals surface area contributed by atoms with E-state index in [1.54, 1.807) is 30.3 Å². The van der Waals surface area contributed by atoms with Gasteiger partial charge in [-0.05, 0) is 73.5 Å². The first-order valence-corrected chi connectivity index (χ1v) is 11.2. The number of carbonyl (C=O) groups is 1. The van der Waals surface area contributed by atoms with Gasteiger partial charge in [0.1, 0.15) is 5.71 Å². The van der Waals surface area contributed by atoms with Gasteiger partial charge in [-0.3, -0.25) is 4.79 Å². The molecule has 8 heteroatoms. The summed E-state index contributed by atoms with van der Waals surface area (Å²) in [6.45, 7) is 3.77. The predicted molar refractivity (Wildman–Crippen MR) is 138 cm³/mol. The van der Waals surface area contributed by atoms with Gasteiger partial charge in [0.2, 0.25) is 0 Å². The van der Waals surface area contributed by atoms with Crippen molar-refractivity contribution in [2.45, 2.75) is 13.8 Å². The molecule has 0 aliphatic rings. The summed E-state index contributed by atoms with van der Waals surface area (Å²) in [5, 5.41) is 4.45. The van der Waals surface area contributed by atoms with Crippen LogP contribution in [0.2, 0.25) is 20.1 Å². The standard InChI is InChI=1S/C24H21Cl4N3O/c1-13-8-20(28)22(12-19(13)27)30-24(32)23(15-9-16(25)11-17(26)10-15)29-21-6-5-18(31(3)4)7-14(21)2/h5-12H,1-4H3,(H,30,32). The zero-order valence-corrected chi connectivity index (χ0v) is 21.0. The molecule has 0 atom stereocenters. The number of halogens is 4. The average Bonchev–Trinajstić information content (AvgIpc) is 2.70. The van der Waals surface area contributed by atoms with Crippen LogP contribution in [-0.2, 0) is 4.79 Å². The van der Waals surface area contributed by atoms with Gasteiger partial charge in [0.25, 0.3) is 5.91 Å². The van der Waals surface area contributed by atoms with Crippen LogP contribution in [-0.4, -0.2) is 25.7 Å². The highest BCUT2D eigenvalue weighted by molar-refractivity contribution is 6.50.